The minimum Gasteiger partial charge on any atom is -0.324 e. The van der Waals surface area contributed by atoms with E-state index in [1.807, 2.05) is 0 Å². The summed E-state index contributed by atoms with van der Waals surface area (Å²) in [6.45, 7) is 1.60. The first-order valence-electron chi connectivity index (χ1n) is 6.03. The van der Waals surface area contributed by atoms with Gasteiger partial charge in [-0.05, 0) is 42.2 Å². The van der Waals surface area contributed by atoms with Gasteiger partial charge in [0.1, 0.15) is 17.5 Å². The Hall–Kier alpha value is -1.52. The van der Waals surface area contributed by atoms with Crippen LogP contribution in [0.2, 0.25) is 5.02 Å². The Labute approximate surface area is 120 Å². The molecule has 2 N–H and O–H groups in total. The summed E-state index contributed by atoms with van der Waals surface area (Å²) in [5.74, 6) is -1.72. The van der Waals surface area contributed by atoms with Crippen molar-refractivity contribution in [2.45, 2.75) is 19.4 Å². The number of halogens is 4. The molecule has 1 nitrogen and oxygen atoms in total. The highest BCUT2D eigenvalue weighted by Crippen LogP contribution is 2.27. The summed E-state index contributed by atoms with van der Waals surface area (Å²) in [4.78, 5) is 0. The number of hydrogen-bond donors (Lipinski definition) is 1. The topological polar surface area (TPSA) is 26.0 Å². The van der Waals surface area contributed by atoms with Crippen LogP contribution in [0.3, 0.4) is 0 Å². The van der Waals surface area contributed by atoms with Gasteiger partial charge in [0.05, 0.1) is 0 Å². The summed E-state index contributed by atoms with van der Waals surface area (Å²) in [5, 5.41) is 0.197. The van der Waals surface area contributed by atoms with Crippen molar-refractivity contribution in [3.8, 4) is 0 Å². The van der Waals surface area contributed by atoms with Crippen LogP contribution in [-0.2, 0) is 6.42 Å². The molecule has 1 unspecified atom stereocenters. The van der Waals surface area contributed by atoms with Crippen LogP contribution in [0, 0.1) is 24.4 Å². The van der Waals surface area contributed by atoms with E-state index in [9.17, 15) is 13.2 Å². The van der Waals surface area contributed by atoms with Crippen LogP contribution in [0.15, 0.2) is 30.3 Å². The van der Waals surface area contributed by atoms with Crippen LogP contribution in [0.1, 0.15) is 22.7 Å². The molecular formula is C15H13ClF3N. The zero-order chi connectivity index (χ0) is 14.9. The predicted octanol–water partition coefficient (Wildman–Crippen LogP) is 4.31. The van der Waals surface area contributed by atoms with E-state index in [2.05, 4.69) is 0 Å². The Morgan fingerprint density at radius 1 is 1.10 bits per heavy atom. The third-order valence-corrected chi connectivity index (χ3v) is 3.46. The third-order valence-electron chi connectivity index (χ3n) is 3.13. The van der Waals surface area contributed by atoms with Crippen LogP contribution in [-0.4, -0.2) is 0 Å². The van der Waals surface area contributed by atoms with Crippen molar-refractivity contribution in [2.75, 3.05) is 0 Å². The molecule has 5 heteroatoms. The lowest BCUT2D eigenvalue weighted by molar-refractivity contribution is 0.562. The van der Waals surface area contributed by atoms with Crippen molar-refractivity contribution >= 4 is 11.6 Å². The van der Waals surface area contributed by atoms with Gasteiger partial charge in [0.25, 0.3) is 0 Å². The van der Waals surface area contributed by atoms with Crippen molar-refractivity contribution in [1.82, 2.24) is 0 Å². The number of rotatable bonds is 3. The molecule has 0 radical (unpaired) electrons. The largest absolute Gasteiger partial charge is 0.324 e. The summed E-state index contributed by atoms with van der Waals surface area (Å²) < 4.78 is 39.7. The lowest BCUT2D eigenvalue weighted by Gasteiger charge is -2.15. The molecule has 0 saturated heterocycles. The van der Waals surface area contributed by atoms with Gasteiger partial charge in [-0.2, -0.15) is 0 Å². The van der Waals surface area contributed by atoms with E-state index < -0.39 is 23.5 Å². The summed E-state index contributed by atoms with van der Waals surface area (Å²) in [5.41, 5.74) is 7.23. The first kappa shape index (κ1) is 14.9. The molecule has 0 bridgehead atoms. The lowest BCUT2D eigenvalue weighted by Crippen LogP contribution is -2.15. The maximum absolute atomic E-state index is 13.6. The van der Waals surface area contributed by atoms with Crippen LogP contribution in [0.4, 0.5) is 13.2 Å². The van der Waals surface area contributed by atoms with Gasteiger partial charge in [-0.15, -0.1) is 0 Å². The molecular weight excluding hydrogens is 287 g/mol. The van der Waals surface area contributed by atoms with Crippen molar-refractivity contribution in [3.05, 3.63) is 69.5 Å². The summed E-state index contributed by atoms with van der Waals surface area (Å²) in [6, 6.07) is 5.45. The van der Waals surface area contributed by atoms with E-state index in [-0.39, 0.29) is 17.0 Å². The van der Waals surface area contributed by atoms with Crippen molar-refractivity contribution in [3.63, 3.8) is 0 Å². The second kappa shape index (κ2) is 5.85. The van der Waals surface area contributed by atoms with E-state index in [1.165, 1.54) is 18.2 Å². The highest BCUT2D eigenvalue weighted by Gasteiger charge is 2.15. The molecule has 2 rings (SSSR count). The Kier molecular flexibility index (Phi) is 4.35. The van der Waals surface area contributed by atoms with Gasteiger partial charge in [0.2, 0.25) is 0 Å². The molecule has 20 heavy (non-hydrogen) atoms. The van der Waals surface area contributed by atoms with Gasteiger partial charge in [-0.3, -0.25) is 0 Å². The van der Waals surface area contributed by atoms with Crippen molar-refractivity contribution in [2.24, 2.45) is 5.73 Å². The van der Waals surface area contributed by atoms with E-state index in [0.717, 1.165) is 6.07 Å². The first-order valence-corrected chi connectivity index (χ1v) is 6.41. The van der Waals surface area contributed by atoms with Crippen LogP contribution >= 0.6 is 11.6 Å². The Morgan fingerprint density at radius 3 is 2.45 bits per heavy atom. The van der Waals surface area contributed by atoms with Crippen LogP contribution in [0.25, 0.3) is 0 Å². The number of hydrogen-bond acceptors (Lipinski definition) is 1. The molecule has 2 aromatic carbocycles. The second-order valence-electron chi connectivity index (χ2n) is 4.67. The molecule has 0 aliphatic rings. The molecule has 0 aliphatic carbocycles. The predicted molar refractivity (Wildman–Crippen MR) is 73.1 cm³/mol. The lowest BCUT2D eigenvalue weighted by atomic mass is 9.97. The molecule has 0 aromatic heterocycles. The van der Waals surface area contributed by atoms with E-state index in [4.69, 9.17) is 17.3 Å². The molecule has 0 aliphatic heterocycles. The smallest absolute Gasteiger partial charge is 0.129 e. The molecule has 0 saturated carbocycles. The minimum atomic E-state index is -0.657. The number of benzene rings is 2. The van der Waals surface area contributed by atoms with E-state index >= 15 is 0 Å². The fraction of sp³-hybridized carbons (Fsp3) is 0.200. The zero-order valence-corrected chi connectivity index (χ0v) is 11.5. The first-order chi connectivity index (χ1) is 9.38. The highest BCUT2D eigenvalue weighted by molar-refractivity contribution is 6.31. The van der Waals surface area contributed by atoms with Crippen LogP contribution in [0.5, 0.6) is 0 Å². The third kappa shape index (κ3) is 3.14. The average molecular weight is 300 g/mol. The quantitative estimate of drug-likeness (QED) is 0.898. The normalized spacial score (nSPS) is 12.5. The Bertz CT molecular complexity index is 643. The van der Waals surface area contributed by atoms with Gasteiger partial charge < -0.3 is 5.73 Å². The van der Waals surface area contributed by atoms with Gasteiger partial charge in [0, 0.05) is 17.1 Å². The van der Waals surface area contributed by atoms with Crippen LogP contribution < -0.4 is 5.73 Å². The molecule has 1 atom stereocenters. The number of nitrogens with two attached hydrogens (primary N) is 1. The van der Waals surface area contributed by atoms with E-state index in [1.54, 1.807) is 13.0 Å². The van der Waals surface area contributed by atoms with Gasteiger partial charge in [0.15, 0.2) is 0 Å². The maximum Gasteiger partial charge on any atom is 0.129 e. The van der Waals surface area contributed by atoms with Gasteiger partial charge in [-0.25, -0.2) is 13.2 Å². The van der Waals surface area contributed by atoms with E-state index in [0.29, 0.717) is 11.1 Å². The molecule has 2 aromatic rings. The zero-order valence-electron chi connectivity index (χ0n) is 10.8. The fourth-order valence-electron chi connectivity index (χ4n) is 2.00. The van der Waals surface area contributed by atoms with Crippen molar-refractivity contribution in [1.29, 1.82) is 0 Å². The Balaban J connectivity index is 2.28. The SMILES string of the molecule is Cc1cc(C(N)Cc2ccc(F)cc2F)c(Cl)cc1F. The molecule has 106 valence electrons. The van der Waals surface area contributed by atoms with Crippen molar-refractivity contribution < 1.29 is 13.2 Å². The van der Waals surface area contributed by atoms with Gasteiger partial charge >= 0.3 is 0 Å². The average Bonchev–Trinajstić information content (AvgIpc) is 2.37. The minimum absolute atomic E-state index is 0.150. The molecule has 0 fully saturated rings. The van der Waals surface area contributed by atoms with Gasteiger partial charge in [-0.1, -0.05) is 23.7 Å². The summed E-state index contributed by atoms with van der Waals surface area (Å²) in [7, 11) is 0. The Morgan fingerprint density at radius 2 is 1.80 bits per heavy atom. The molecule has 0 heterocycles. The monoisotopic (exact) mass is 299 g/mol. The summed E-state index contributed by atoms with van der Waals surface area (Å²) >= 11 is 5.95. The molecule has 0 amide bonds. The highest BCUT2D eigenvalue weighted by atomic mass is 35.5. The maximum atomic E-state index is 13.6. The number of aryl methyl sites for hydroxylation is 1. The second-order valence-corrected chi connectivity index (χ2v) is 5.08. The summed E-state index contributed by atoms with van der Waals surface area (Å²) in [6.07, 6.45) is 0.150. The molecule has 0 spiro atoms. The fourth-order valence-corrected chi connectivity index (χ4v) is 2.29. The standard InChI is InChI=1S/C15H13ClF3N/c1-8-4-11(12(16)7-13(8)18)15(20)5-9-2-3-10(17)6-14(9)19/h2-4,6-7,15H,5,20H2,1H3.